The van der Waals surface area contributed by atoms with E-state index in [2.05, 4.69) is 5.32 Å². The van der Waals surface area contributed by atoms with E-state index >= 15 is 0 Å². The van der Waals surface area contributed by atoms with Crippen molar-refractivity contribution in [2.75, 3.05) is 6.54 Å². The van der Waals surface area contributed by atoms with E-state index in [1.165, 1.54) is 0 Å². The lowest BCUT2D eigenvalue weighted by atomic mass is 10.0. The number of amides is 1. The fourth-order valence-electron chi connectivity index (χ4n) is 2.14. The smallest absolute Gasteiger partial charge is 0.251 e. The molecule has 2 aromatic carbocycles. The van der Waals surface area contributed by atoms with E-state index in [0.29, 0.717) is 16.1 Å². The largest absolute Gasteiger partial charge is 0.387 e. The highest BCUT2D eigenvalue weighted by atomic mass is 35.5. The van der Waals surface area contributed by atoms with Crippen LogP contribution in [0.2, 0.25) is 5.02 Å². The first-order valence-corrected chi connectivity index (χ1v) is 7.15. The molecule has 2 aromatic rings. The quantitative estimate of drug-likeness (QED) is 0.909. The van der Waals surface area contributed by atoms with Crippen LogP contribution in [0.4, 0.5) is 0 Å². The third-order valence-electron chi connectivity index (χ3n) is 3.57. The maximum atomic E-state index is 12.2. The molecule has 0 heterocycles. The molecule has 3 nitrogen and oxygen atoms in total. The number of aliphatic hydroxyl groups excluding tert-OH is 1. The summed E-state index contributed by atoms with van der Waals surface area (Å²) in [4.78, 5) is 12.2. The molecular formula is C17H18ClNO2. The predicted octanol–water partition coefficient (Wildman–Crippen LogP) is 3.42. The molecule has 1 unspecified atom stereocenters. The van der Waals surface area contributed by atoms with Gasteiger partial charge in [-0.1, -0.05) is 41.9 Å². The molecule has 0 saturated heterocycles. The summed E-state index contributed by atoms with van der Waals surface area (Å²) in [7, 11) is 0. The Morgan fingerprint density at radius 3 is 2.62 bits per heavy atom. The molecule has 21 heavy (non-hydrogen) atoms. The third kappa shape index (κ3) is 3.63. The molecule has 0 bridgehead atoms. The maximum Gasteiger partial charge on any atom is 0.251 e. The lowest BCUT2D eigenvalue weighted by Gasteiger charge is -2.14. The number of nitrogens with one attached hydrogen (secondary N) is 1. The van der Waals surface area contributed by atoms with E-state index in [-0.39, 0.29) is 12.5 Å². The molecule has 1 atom stereocenters. The van der Waals surface area contributed by atoms with Gasteiger partial charge in [0.1, 0.15) is 0 Å². The molecule has 0 saturated carbocycles. The molecule has 0 aliphatic carbocycles. The van der Waals surface area contributed by atoms with Crippen LogP contribution in [0, 0.1) is 13.8 Å². The van der Waals surface area contributed by atoms with Crippen LogP contribution in [0.15, 0.2) is 42.5 Å². The Bertz CT molecular complexity index is 655. The van der Waals surface area contributed by atoms with Crippen molar-refractivity contribution in [2.45, 2.75) is 20.0 Å². The van der Waals surface area contributed by atoms with Crippen molar-refractivity contribution in [1.82, 2.24) is 5.32 Å². The third-order valence-corrected chi connectivity index (χ3v) is 3.91. The van der Waals surface area contributed by atoms with Gasteiger partial charge in [-0.15, -0.1) is 0 Å². The van der Waals surface area contributed by atoms with Gasteiger partial charge in [-0.2, -0.15) is 0 Å². The highest BCUT2D eigenvalue weighted by molar-refractivity contribution is 6.31. The van der Waals surface area contributed by atoms with Gasteiger partial charge in [-0.05, 0) is 37.1 Å². The summed E-state index contributed by atoms with van der Waals surface area (Å²) in [5.41, 5.74) is 3.25. The summed E-state index contributed by atoms with van der Waals surface area (Å²) in [6, 6.07) is 12.7. The summed E-state index contributed by atoms with van der Waals surface area (Å²) in [5.74, 6) is -0.192. The van der Waals surface area contributed by atoms with Crippen LogP contribution >= 0.6 is 11.6 Å². The predicted molar refractivity (Wildman–Crippen MR) is 84.7 cm³/mol. The molecule has 0 spiro atoms. The van der Waals surface area contributed by atoms with E-state index in [4.69, 9.17) is 11.6 Å². The number of hydrogen-bond acceptors (Lipinski definition) is 2. The zero-order valence-corrected chi connectivity index (χ0v) is 12.8. The second-order valence-electron chi connectivity index (χ2n) is 4.99. The Hall–Kier alpha value is -1.84. The van der Waals surface area contributed by atoms with Crippen LogP contribution in [0.3, 0.4) is 0 Å². The fraction of sp³-hybridized carbons (Fsp3) is 0.235. The average Bonchev–Trinajstić information content (AvgIpc) is 2.47. The number of carbonyl (C=O) groups is 1. The summed E-state index contributed by atoms with van der Waals surface area (Å²) in [6.45, 7) is 4.00. The fourth-order valence-corrected chi connectivity index (χ4v) is 2.40. The van der Waals surface area contributed by atoms with Gasteiger partial charge >= 0.3 is 0 Å². The Kier molecular flexibility index (Phi) is 4.99. The van der Waals surface area contributed by atoms with Crippen molar-refractivity contribution in [1.29, 1.82) is 0 Å². The van der Waals surface area contributed by atoms with Gasteiger partial charge < -0.3 is 10.4 Å². The molecule has 1 amide bonds. The van der Waals surface area contributed by atoms with Crippen molar-refractivity contribution in [3.8, 4) is 0 Å². The van der Waals surface area contributed by atoms with Crippen LogP contribution in [-0.4, -0.2) is 17.6 Å². The van der Waals surface area contributed by atoms with E-state index < -0.39 is 6.10 Å². The van der Waals surface area contributed by atoms with Crippen LogP contribution in [0.1, 0.15) is 33.2 Å². The zero-order chi connectivity index (χ0) is 15.4. The second kappa shape index (κ2) is 6.74. The lowest BCUT2D eigenvalue weighted by Crippen LogP contribution is -2.29. The first-order chi connectivity index (χ1) is 10.0. The van der Waals surface area contributed by atoms with Crippen molar-refractivity contribution >= 4 is 17.5 Å². The molecule has 0 fully saturated rings. The Labute approximate surface area is 129 Å². The minimum absolute atomic E-state index is 0.121. The van der Waals surface area contributed by atoms with Crippen molar-refractivity contribution in [3.63, 3.8) is 0 Å². The summed E-state index contributed by atoms with van der Waals surface area (Å²) in [6.07, 6.45) is -0.826. The first kappa shape index (κ1) is 15.5. The first-order valence-electron chi connectivity index (χ1n) is 6.77. The van der Waals surface area contributed by atoms with Crippen molar-refractivity contribution in [2.24, 2.45) is 0 Å². The molecule has 2 rings (SSSR count). The molecule has 110 valence electrons. The number of halogens is 1. The molecule has 4 heteroatoms. The Balaban J connectivity index is 2.04. The summed E-state index contributed by atoms with van der Waals surface area (Å²) >= 11 is 6.02. The van der Waals surface area contributed by atoms with Gasteiger partial charge in [0.25, 0.3) is 5.91 Å². The minimum atomic E-state index is -0.826. The number of benzene rings is 2. The van der Waals surface area contributed by atoms with Crippen molar-refractivity contribution < 1.29 is 9.90 Å². The highest BCUT2D eigenvalue weighted by Gasteiger charge is 2.14. The molecule has 0 radical (unpaired) electrons. The van der Waals surface area contributed by atoms with E-state index in [1.807, 2.05) is 26.0 Å². The number of carbonyl (C=O) groups excluding carboxylic acids is 1. The highest BCUT2D eigenvalue weighted by Crippen LogP contribution is 2.22. The number of aryl methyl sites for hydroxylation is 1. The molecule has 0 aliphatic heterocycles. The zero-order valence-electron chi connectivity index (χ0n) is 12.1. The van der Waals surface area contributed by atoms with Crippen molar-refractivity contribution in [3.05, 3.63) is 69.7 Å². The van der Waals surface area contributed by atoms with E-state index in [9.17, 15) is 9.90 Å². The van der Waals surface area contributed by atoms with Crippen LogP contribution < -0.4 is 5.32 Å². The number of rotatable bonds is 4. The van der Waals surface area contributed by atoms with Crippen LogP contribution in [0.5, 0.6) is 0 Å². The second-order valence-corrected chi connectivity index (χ2v) is 5.40. The summed E-state index contributed by atoms with van der Waals surface area (Å²) < 4.78 is 0. The Morgan fingerprint density at radius 2 is 1.90 bits per heavy atom. The SMILES string of the molecule is Cc1cccc(C(=O)NCC(O)c2ccccc2Cl)c1C. The average molecular weight is 304 g/mol. The molecular weight excluding hydrogens is 286 g/mol. The Morgan fingerprint density at radius 1 is 1.19 bits per heavy atom. The minimum Gasteiger partial charge on any atom is -0.387 e. The van der Waals surface area contributed by atoms with Crippen LogP contribution in [-0.2, 0) is 0 Å². The molecule has 0 aromatic heterocycles. The van der Waals surface area contributed by atoms with Gasteiger partial charge in [0.05, 0.1) is 6.10 Å². The van der Waals surface area contributed by atoms with Gasteiger partial charge in [-0.25, -0.2) is 0 Å². The van der Waals surface area contributed by atoms with Gasteiger partial charge in [0, 0.05) is 22.7 Å². The number of aliphatic hydroxyl groups is 1. The number of hydrogen-bond donors (Lipinski definition) is 2. The van der Waals surface area contributed by atoms with Crippen LogP contribution in [0.25, 0.3) is 0 Å². The van der Waals surface area contributed by atoms with Gasteiger partial charge in [0.15, 0.2) is 0 Å². The standard InChI is InChI=1S/C17H18ClNO2/c1-11-6-5-8-13(12(11)2)17(21)19-10-16(20)14-7-3-4-9-15(14)18/h3-9,16,20H,10H2,1-2H3,(H,19,21). The molecule has 2 N–H and O–H groups in total. The molecule has 0 aliphatic rings. The normalized spacial score (nSPS) is 12.0. The van der Waals surface area contributed by atoms with E-state index in [0.717, 1.165) is 11.1 Å². The van der Waals surface area contributed by atoms with E-state index in [1.54, 1.807) is 30.3 Å². The van der Waals surface area contributed by atoms with Gasteiger partial charge in [0.2, 0.25) is 0 Å². The summed E-state index contributed by atoms with van der Waals surface area (Å²) in [5, 5.41) is 13.4. The monoisotopic (exact) mass is 303 g/mol. The van der Waals surface area contributed by atoms with Gasteiger partial charge in [-0.3, -0.25) is 4.79 Å². The lowest BCUT2D eigenvalue weighted by molar-refractivity contribution is 0.0915. The maximum absolute atomic E-state index is 12.2. The topological polar surface area (TPSA) is 49.3 Å².